The Bertz CT molecular complexity index is 825. The highest BCUT2D eigenvalue weighted by molar-refractivity contribution is 7.92. The predicted molar refractivity (Wildman–Crippen MR) is 80.9 cm³/mol. The molecule has 0 aromatic heterocycles. The van der Waals surface area contributed by atoms with Crippen molar-refractivity contribution in [2.75, 3.05) is 18.1 Å². The zero-order valence-corrected chi connectivity index (χ0v) is 13.6. The zero-order valence-electron chi connectivity index (χ0n) is 12.0. The van der Waals surface area contributed by atoms with Crippen LogP contribution in [0.4, 0.5) is 4.39 Å². The maximum Gasteiger partial charge on any atom is 0.244 e. The Morgan fingerprint density at radius 3 is 2.68 bits per heavy atom. The molecule has 0 N–H and O–H groups in total. The minimum absolute atomic E-state index is 0.0730. The molecule has 1 aliphatic rings. The van der Waals surface area contributed by atoms with Gasteiger partial charge in [-0.15, -0.1) is 6.42 Å². The van der Waals surface area contributed by atoms with Gasteiger partial charge in [-0.25, -0.2) is 21.2 Å². The van der Waals surface area contributed by atoms with Gasteiger partial charge in [-0.2, -0.15) is 4.31 Å². The molecule has 0 bridgehead atoms. The van der Waals surface area contributed by atoms with Gasteiger partial charge in [-0.05, 0) is 31.0 Å². The fourth-order valence-corrected chi connectivity index (χ4v) is 6.11. The molecule has 0 saturated carbocycles. The monoisotopic (exact) mass is 345 g/mol. The van der Waals surface area contributed by atoms with Crippen LogP contribution in [0.15, 0.2) is 23.1 Å². The van der Waals surface area contributed by atoms with Crippen LogP contribution in [0.3, 0.4) is 0 Å². The molecule has 1 atom stereocenters. The SMILES string of the molecule is C#CCN(C1CCS(=O)(=O)C1)S(=O)(=O)c1cc(F)ccc1C. The first kappa shape index (κ1) is 16.9. The van der Waals surface area contributed by atoms with E-state index in [1.807, 2.05) is 0 Å². The minimum atomic E-state index is -4.06. The van der Waals surface area contributed by atoms with E-state index in [1.165, 1.54) is 12.1 Å². The van der Waals surface area contributed by atoms with Gasteiger partial charge in [0.25, 0.3) is 0 Å². The van der Waals surface area contributed by atoms with Crippen LogP contribution in [0.25, 0.3) is 0 Å². The Balaban J connectivity index is 2.48. The van der Waals surface area contributed by atoms with Crippen LogP contribution in [0, 0.1) is 25.1 Å². The van der Waals surface area contributed by atoms with Gasteiger partial charge in [-0.1, -0.05) is 12.0 Å². The lowest BCUT2D eigenvalue weighted by Gasteiger charge is -2.26. The maximum absolute atomic E-state index is 13.4. The summed E-state index contributed by atoms with van der Waals surface area (Å²) in [5.74, 6) is 1.23. The molecular formula is C14H16FNO4S2. The number of halogens is 1. The second kappa shape index (κ2) is 5.99. The van der Waals surface area contributed by atoms with E-state index < -0.39 is 31.7 Å². The highest BCUT2D eigenvalue weighted by Crippen LogP contribution is 2.27. The second-order valence-corrected chi connectivity index (χ2v) is 9.31. The van der Waals surface area contributed by atoms with Gasteiger partial charge >= 0.3 is 0 Å². The molecule has 1 heterocycles. The average molecular weight is 345 g/mol. The highest BCUT2D eigenvalue weighted by Gasteiger charge is 2.39. The van der Waals surface area contributed by atoms with E-state index in [0.717, 1.165) is 10.4 Å². The van der Waals surface area contributed by atoms with Crippen molar-refractivity contribution in [3.63, 3.8) is 0 Å². The number of nitrogens with zero attached hydrogens (tertiary/aromatic N) is 1. The first-order valence-electron chi connectivity index (χ1n) is 6.59. The minimum Gasteiger partial charge on any atom is -0.229 e. The van der Waals surface area contributed by atoms with E-state index in [-0.39, 0.29) is 29.4 Å². The smallest absolute Gasteiger partial charge is 0.229 e. The summed E-state index contributed by atoms with van der Waals surface area (Å²) in [6.45, 7) is 1.30. The van der Waals surface area contributed by atoms with E-state index in [0.29, 0.717) is 5.56 Å². The number of sulfone groups is 1. The molecule has 1 saturated heterocycles. The summed E-state index contributed by atoms with van der Waals surface area (Å²) >= 11 is 0. The predicted octanol–water partition coefficient (Wildman–Crippen LogP) is 0.945. The number of hydrogen-bond acceptors (Lipinski definition) is 4. The number of benzene rings is 1. The normalized spacial score (nSPS) is 20.9. The summed E-state index contributed by atoms with van der Waals surface area (Å²) in [6, 6.07) is 2.74. The number of terminal acetylenes is 1. The highest BCUT2D eigenvalue weighted by atomic mass is 32.2. The zero-order chi connectivity index (χ0) is 16.5. The van der Waals surface area contributed by atoms with Crippen LogP contribution in [0.1, 0.15) is 12.0 Å². The van der Waals surface area contributed by atoms with Gasteiger partial charge in [0.2, 0.25) is 10.0 Å². The van der Waals surface area contributed by atoms with E-state index in [2.05, 4.69) is 5.92 Å². The summed E-state index contributed by atoms with van der Waals surface area (Å²) < 4.78 is 63.1. The summed E-state index contributed by atoms with van der Waals surface area (Å²) in [6.07, 6.45) is 5.42. The van der Waals surface area contributed by atoms with Crippen LogP contribution >= 0.6 is 0 Å². The standard InChI is InChI=1S/C14H16FNO4S2/c1-3-7-16(13-6-8-21(17,18)10-13)22(19,20)14-9-12(15)5-4-11(14)2/h1,4-5,9,13H,6-8,10H2,2H3. The second-order valence-electron chi connectivity index (χ2n) is 5.22. The van der Waals surface area contributed by atoms with Crippen LogP contribution in [-0.4, -0.2) is 45.2 Å². The summed E-state index contributed by atoms with van der Waals surface area (Å²) in [7, 11) is -7.33. The number of aryl methyl sites for hydroxylation is 1. The van der Waals surface area contributed by atoms with Gasteiger partial charge < -0.3 is 0 Å². The molecule has 5 nitrogen and oxygen atoms in total. The Labute approximate surface area is 130 Å². The van der Waals surface area contributed by atoms with Crippen molar-refractivity contribution in [3.8, 4) is 12.3 Å². The number of sulfonamides is 1. The van der Waals surface area contributed by atoms with E-state index >= 15 is 0 Å². The maximum atomic E-state index is 13.4. The Hall–Kier alpha value is -1.43. The molecule has 8 heteroatoms. The van der Waals surface area contributed by atoms with E-state index in [4.69, 9.17) is 6.42 Å². The Morgan fingerprint density at radius 2 is 2.14 bits per heavy atom. The molecule has 0 amide bonds. The lowest BCUT2D eigenvalue weighted by Crippen LogP contribution is -2.41. The molecule has 22 heavy (non-hydrogen) atoms. The van der Waals surface area contributed by atoms with Gasteiger partial charge in [0.05, 0.1) is 22.9 Å². The molecule has 1 unspecified atom stereocenters. The Morgan fingerprint density at radius 1 is 1.45 bits per heavy atom. The van der Waals surface area contributed by atoms with Crippen molar-refractivity contribution < 1.29 is 21.2 Å². The van der Waals surface area contributed by atoms with Crippen molar-refractivity contribution in [3.05, 3.63) is 29.6 Å². The molecule has 0 aliphatic carbocycles. The molecule has 1 fully saturated rings. The topological polar surface area (TPSA) is 71.5 Å². The fourth-order valence-electron chi connectivity index (χ4n) is 2.48. The Kier molecular flexibility index (Phi) is 4.61. The molecule has 0 radical (unpaired) electrons. The van der Waals surface area contributed by atoms with Crippen LogP contribution in [0.5, 0.6) is 0 Å². The van der Waals surface area contributed by atoms with Gasteiger partial charge in [-0.3, -0.25) is 0 Å². The largest absolute Gasteiger partial charge is 0.244 e. The van der Waals surface area contributed by atoms with Crippen molar-refractivity contribution in [2.45, 2.75) is 24.3 Å². The molecule has 1 aromatic rings. The molecule has 120 valence electrons. The van der Waals surface area contributed by atoms with E-state index in [9.17, 15) is 21.2 Å². The third-order valence-corrected chi connectivity index (χ3v) is 7.39. The molecule has 1 aliphatic heterocycles. The molecule has 2 rings (SSSR count). The van der Waals surface area contributed by atoms with Gasteiger partial charge in [0.1, 0.15) is 5.82 Å². The van der Waals surface area contributed by atoms with Crippen LogP contribution < -0.4 is 0 Å². The van der Waals surface area contributed by atoms with Gasteiger partial charge in [0.15, 0.2) is 9.84 Å². The lowest BCUT2D eigenvalue weighted by atomic mass is 10.2. The van der Waals surface area contributed by atoms with Gasteiger partial charge in [0, 0.05) is 6.04 Å². The van der Waals surface area contributed by atoms with Crippen molar-refractivity contribution in [1.82, 2.24) is 4.31 Å². The molecule has 0 spiro atoms. The molecular weight excluding hydrogens is 329 g/mol. The summed E-state index contributed by atoms with van der Waals surface area (Å²) in [4.78, 5) is -0.188. The first-order chi connectivity index (χ1) is 10.2. The summed E-state index contributed by atoms with van der Waals surface area (Å²) in [5.41, 5.74) is 0.379. The van der Waals surface area contributed by atoms with Crippen molar-refractivity contribution >= 4 is 19.9 Å². The van der Waals surface area contributed by atoms with Crippen LogP contribution in [-0.2, 0) is 19.9 Å². The third-order valence-electron chi connectivity index (χ3n) is 3.60. The first-order valence-corrected chi connectivity index (χ1v) is 9.85. The fraction of sp³-hybridized carbons (Fsp3) is 0.429. The lowest BCUT2D eigenvalue weighted by molar-refractivity contribution is 0.371. The van der Waals surface area contributed by atoms with Crippen molar-refractivity contribution in [1.29, 1.82) is 0 Å². The van der Waals surface area contributed by atoms with E-state index in [1.54, 1.807) is 6.92 Å². The third kappa shape index (κ3) is 3.32. The average Bonchev–Trinajstić information content (AvgIpc) is 2.78. The quantitative estimate of drug-likeness (QED) is 0.762. The summed E-state index contributed by atoms with van der Waals surface area (Å²) in [5, 5.41) is 0. The van der Waals surface area contributed by atoms with Crippen LogP contribution in [0.2, 0.25) is 0 Å². The van der Waals surface area contributed by atoms with Crippen molar-refractivity contribution in [2.24, 2.45) is 0 Å². The number of hydrogen-bond donors (Lipinski definition) is 0. The number of rotatable bonds is 4. The molecule has 1 aromatic carbocycles.